The minimum atomic E-state index is -0.0207. The topological polar surface area (TPSA) is 29.5 Å². The van der Waals surface area contributed by atoms with Gasteiger partial charge >= 0.3 is 0 Å². The first kappa shape index (κ1) is 24.5. The van der Waals surface area contributed by atoms with Crippen LogP contribution in [0.5, 0.6) is 5.75 Å². The van der Waals surface area contributed by atoms with Crippen molar-refractivity contribution in [2.75, 3.05) is 23.8 Å². The summed E-state index contributed by atoms with van der Waals surface area (Å²) in [5, 5.41) is 1.01. The minimum absolute atomic E-state index is 0.0118. The largest absolute Gasteiger partial charge is 0.482 e. The number of thioether (sulfide) groups is 1. The Balaban J connectivity index is 1.38. The van der Waals surface area contributed by atoms with E-state index in [1.54, 1.807) is 12.1 Å². The van der Waals surface area contributed by atoms with Crippen molar-refractivity contribution in [3.8, 4) is 5.75 Å². The fraction of sp³-hybridized carbons (Fsp3) is 0.536. The van der Waals surface area contributed by atoms with Crippen LogP contribution in [0.2, 0.25) is 5.02 Å². The monoisotopic (exact) mass is 485 g/mol. The number of hydrogen-bond donors (Lipinski definition) is 0. The number of amides is 1. The molecule has 1 aliphatic heterocycles. The Morgan fingerprint density at radius 1 is 0.909 bits per heavy atom. The zero-order valence-electron chi connectivity index (χ0n) is 19.5. The van der Waals surface area contributed by atoms with Crippen molar-refractivity contribution in [2.24, 2.45) is 11.8 Å². The third kappa shape index (κ3) is 7.16. The van der Waals surface area contributed by atoms with Gasteiger partial charge in [0.25, 0.3) is 5.91 Å². The molecule has 0 radical (unpaired) electrons. The number of carbonyl (C=O) groups excluding carboxylic acids is 1. The van der Waals surface area contributed by atoms with E-state index in [1.807, 2.05) is 47.4 Å². The quantitative estimate of drug-likeness (QED) is 0.403. The summed E-state index contributed by atoms with van der Waals surface area (Å²) >= 11 is 8.27. The first-order valence-corrected chi connectivity index (χ1v) is 14.0. The lowest BCUT2D eigenvalue weighted by Gasteiger charge is -2.27. The second kappa shape index (κ2) is 12.7. The fourth-order valence-corrected chi connectivity index (χ4v) is 7.02. The van der Waals surface area contributed by atoms with Gasteiger partial charge in [-0.3, -0.25) is 4.79 Å². The first-order valence-electron chi connectivity index (χ1n) is 12.5. The maximum atomic E-state index is 13.3. The standard InChI is InChI=1S/C28H36ClNO2S/c29-26-16-10-11-17-27(26)32-20-28(31)30(24-14-8-5-9-15-24)19-25-18-23(21-33-25)22-12-6-3-1-2-4-7-13-22/h5,8-11,14-17,22-23,25H,1-4,6-7,12-13,18-21H2. The van der Waals surface area contributed by atoms with Crippen molar-refractivity contribution in [2.45, 2.75) is 63.0 Å². The Labute approximate surface area is 208 Å². The Kier molecular flexibility index (Phi) is 9.43. The number of rotatable bonds is 7. The van der Waals surface area contributed by atoms with Crippen LogP contribution in [0.25, 0.3) is 0 Å². The highest BCUT2D eigenvalue weighted by Crippen LogP contribution is 2.41. The highest BCUT2D eigenvalue weighted by molar-refractivity contribution is 8.00. The van der Waals surface area contributed by atoms with Crippen molar-refractivity contribution < 1.29 is 9.53 Å². The summed E-state index contributed by atoms with van der Waals surface area (Å²) in [6.07, 6.45) is 12.4. The number of para-hydroxylation sites is 2. The van der Waals surface area contributed by atoms with E-state index in [0.29, 0.717) is 16.0 Å². The molecule has 1 aliphatic carbocycles. The molecule has 1 saturated heterocycles. The summed E-state index contributed by atoms with van der Waals surface area (Å²) in [5.74, 6) is 3.43. The molecule has 4 rings (SSSR count). The summed E-state index contributed by atoms with van der Waals surface area (Å²) < 4.78 is 5.79. The molecule has 1 amide bonds. The molecule has 5 heteroatoms. The maximum absolute atomic E-state index is 13.3. The average Bonchev–Trinajstić information content (AvgIpc) is 3.35. The van der Waals surface area contributed by atoms with Crippen LogP contribution in [0.4, 0.5) is 5.69 Å². The highest BCUT2D eigenvalue weighted by atomic mass is 35.5. The van der Waals surface area contributed by atoms with Crippen molar-refractivity contribution in [3.05, 3.63) is 59.6 Å². The van der Waals surface area contributed by atoms with Crippen LogP contribution >= 0.6 is 23.4 Å². The summed E-state index contributed by atoms with van der Waals surface area (Å²) in [6.45, 7) is 0.727. The summed E-state index contributed by atoms with van der Waals surface area (Å²) in [5.41, 5.74) is 0.941. The third-order valence-electron chi connectivity index (χ3n) is 7.12. The van der Waals surface area contributed by atoms with Gasteiger partial charge in [0.1, 0.15) is 5.75 Å². The van der Waals surface area contributed by atoms with Crippen LogP contribution in [0.15, 0.2) is 54.6 Å². The van der Waals surface area contributed by atoms with Gasteiger partial charge in [-0.15, -0.1) is 0 Å². The van der Waals surface area contributed by atoms with Gasteiger partial charge in [0.2, 0.25) is 0 Å². The van der Waals surface area contributed by atoms with Gasteiger partial charge in [0.15, 0.2) is 6.61 Å². The van der Waals surface area contributed by atoms with E-state index < -0.39 is 0 Å². The molecule has 0 spiro atoms. The molecule has 2 fully saturated rings. The van der Waals surface area contributed by atoms with Crippen molar-refractivity contribution >= 4 is 35.0 Å². The average molecular weight is 486 g/mol. The lowest BCUT2D eigenvalue weighted by Crippen LogP contribution is -2.39. The summed E-state index contributed by atoms with van der Waals surface area (Å²) in [6, 6.07) is 17.3. The molecule has 2 aromatic rings. The normalized spacial score (nSPS) is 22.2. The molecule has 2 unspecified atom stereocenters. The molecule has 0 bridgehead atoms. The van der Waals surface area contributed by atoms with Gasteiger partial charge in [-0.2, -0.15) is 11.8 Å². The van der Waals surface area contributed by atoms with E-state index >= 15 is 0 Å². The van der Waals surface area contributed by atoms with Crippen molar-refractivity contribution in [3.63, 3.8) is 0 Å². The Morgan fingerprint density at radius 2 is 1.58 bits per heavy atom. The summed E-state index contributed by atoms with van der Waals surface area (Å²) in [7, 11) is 0. The Bertz CT molecular complexity index is 867. The smallest absolute Gasteiger partial charge is 0.264 e. The number of halogens is 1. The molecule has 3 nitrogen and oxygen atoms in total. The molecule has 2 aromatic carbocycles. The number of ether oxygens (including phenoxy) is 1. The number of nitrogens with zero attached hydrogens (tertiary/aromatic N) is 1. The highest BCUT2D eigenvalue weighted by Gasteiger charge is 2.33. The minimum Gasteiger partial charge on any atom is -0.482 e. The molecule has 178 valence electrons. The van der Waals surface area contributed by atoms with Crippen LogP contribution < -0.4 is 9.64 Å². The van der Waals surface area contributed by atoms with E-state index in [4.69, 9.17) is 16.3 Å². The van der Waals surface area contributed by atoms with Gasteiger partial charge in [0.05, 0.1) is 5.02 Å². The van der Waals surface area contributed by atoms with Crippen LogP contribution in [0.3, 0.4) is 0 Å². The number of benzene rings is 2. The molecule has 0 aromatic heterocycles. The predicted octanol–water partition coefficient (Wildman–Crippen LogP) is 7.62. The van der Waals surface area contributed by atoms with Crippen LogP contribution in [-0.4, -0.2) is 30.1 Å². The lowest BCUT2D eigenvalue weighted by atomic mass is 9.83. The molecule has 1 heterocycles. The van der Waals surface area contributed by atoms with Crippen LogP contribution in [0, 0.1) is 11.8 Å². The molecule has 1 saturated carbocycles. The maximum Gasteiger partial charge on any atom is 0.264 e. The van der Waals surface area contributed by atoms with Gasteiger partial charge in [0, 0.05) is 17.5 Å². The molecule has 2 atom stereocenters. The molecule has 0 N–H and O–H groups in total. The molecular formula is C28H36ClNO2S. The zero-order chi connectivity index (χ0) is 22.9. The fourth-order valence-electron chi connectivity index (χ4n) is 5.27. The molecular weight excluding hydrogens is 450 g/mol. The first-order chi connectivity index (χ1) is 16.2. The van der Waals surface area contributed by atoms with Gasteiger partial charge in [-0.1, -0.05) is 93.3 Å². The summed E-state index contributed by atoms with van der Waals surface area (Å²) in [4.78, 5) is 15.2. The number of anilines is 1. The second-order valence-corrected chi connectivity index (χ2v) is 11.2. The van der Waals surface area contributed by atoms with Crippen LogP contribution in [0.1, 0.15) is 57.8 Å². The van der Waals surface area contributed by atoms with Gasteiger partial charge in [-0.05, 0) is 48.3 Å². The van der Waals surface area contributed by atoms with Crippen LogP contribution in [-0.2, 0) is 4.79 Å². The SMILES string of the molecule is O=C(COc1ccccc1Cl)N(CC1CC(C2CCCCCCCC2)CS1)c1ccccc1. The van der Waals surface area contributed by atoms with E-state index in [2.05, 4.69) is 11.8 Å². The van der Waals surface area contributed by atoms with E-state index in [1.165, 1.54) is 63.5 Å². The second-order valence-electron chi connectivity index (χ2n) is 9.47. The van der Waals surface area contributed by atoms with E-state index in [0.717, 1.165) is 24.1 Å². The van der Waals surface area contributed by atoms with Gasteiger partial charge < -0.3 is 9.64 Å². The predicted molar refractivity (Wildman–Crippen MR) is 141 cm³/mol. The lowest BCUT2D eigenvalue weighted by molar-refractivity contribution is -0.120. The van der Waals surface area contributed by atoms with Crippen molar-refractivity contribution in [1.82, 2.24) is 0 Å². The molecule has 2 aliphatic rings. The van der Waals surface area contributed by atoms with E-state index in [9.17, 15) is 4.79 Å². The number of carbonyl (C=O) groups is 1. The molecule has 33 heavy (non-hydrogen) atoms. The third-order valence-corrected chi connectivity index (χ3v) is 8.87. The van der Waals surface area contributed by atoms with Crippen molar-refractivity contribution in [1.29, 1.82) is 0 Å². The van der Waals surface area contributed by atoms with Gasteiger partial charge in [-0.25, -0.2) is 0 Å². The Morgan fingerprint density at radius 3 is 2.30 bits per heavy atom. The Hall–Kier alpha value is -1.65. The zero-order valence-corrected chi connectivity index (χ0v) is 21.0. The number of hydrogen-bond acceptors (Lipinski definition) is 3. The van der Waals surface area contributed by atoms with E-state index in [-0.39, 0.29) is 12.5 Å².